The van der Waals surface area contributed by atoms with Crippen LogP contribution in [0.3, 0.4) is 0 Å². The quantitative estimate of drug-likeness (QED) is 0.373. The van der Waals surface area contributed by atoms with Crippen molar-refractivity contribution in [2.75, 3.05) is 12.4 Å². The van der Waals surface area contributed by atoms with Gasteiger partial charge < -0.3 is 14.8 Å². The summed E-state index contributed by atoms with van der Waals surface area (Å²) >= 11 is 0. The molecule has 2 aromatic rings. The molecule has 1 saturated carbocycles. The SMILES string of the molecule is COc1c([C@H]2[C@H](C(=O)Nc3ccnc(C(=O)NNC4CC4)c3)O[C@@](C)(C(F)(F)F)[C@H]2C)ccc(F)c1F. The maximum absolute atomic E-state index is 14.5. The van der Waals surface area contributed by atoms with Crippen molar-refractivity contribution in [1.29, 1.82) is 0 Å². The highest BCUT2D eigenvalue weighted by atomic mass is 19.4. The average Bonchev–Trinajstić information content (AvgIpc) is 3.63. The van der Waals surface area contributed by atoms with E-state index in [4.69, 9.17) is 9.47 Å². The number of halogens is 5. The van der Waals surface area contributed by atoms with Gasteiger partial charge in [-0.25, -0.2) is 9.82 Å². The zero-order valence-electron chi connectivity index (χ0n) is 20.1. The minimum absolute atomic E-state index is 0.0504. The van der Waals surface area contributed by atoms with Crippen molar-refractivity contribution < 1.29 is 41.0 Å². The molecule has 2 heterocycles. The van der Waals surface area contributed by atoms with Crippen molar-refractivity contribution in [3.05, 3.63) is 53.4 Å². The molecule has 4 atom stereocenters. The molecule has 1 aliphatic heterocycles. The van der Waals surface area contributed by atoms with E-state index < -0.39 is 58.9 Å². The van der Waals surface area contributed by atoms with Gasteiger partial charge in [0.25, 0.3) is 11.8 Å². The number of benzene rings is 1. The number of carbonyl (C=O) groups is 2. The van der Waals surface area contributed by atoms with Crippen LogP contribution in [0.15, 0.2) is 30.5 Å². The van der Waals surface area contributed by atoms with Crippen molar-refractivity contribution >= 4 is 17.5 Å². The Labute approximate surface area is 208 Å². The normalized spacial score (nSPS) is 25.6. The summed E-state index contributed by atoms with van der Waals surface area (Å²) in [6.45, 7) is 2.01. The third-order valence-electron chi connectivity index (χ3n) is 6.80. The lowest BCUT2D eigenvalue weighted by Crippen LogP contribution is -2.47. The van der Waals surface area contributed by atoms with Crippen LogP contribution in [0.5, 0.6) is 5.75 Å². The van der Waals surface area contributed by atoms with E-state index >= 15 is 0 Å². The molecule has 2 aliphatic rings. The number of rotatable bonds is 7. The smallest absolute Gasteiger partial charge is 0.417 e. The van der Waals surface area contributed by atoms with E-state index in [-0.39, 0.29) is 23.0 Å². The summed E-state index contributed by atoms with van der Waals surface area (Å²) in [6, 6.07) is 4.60. The number of hydrazine groups is 1. The molecule has 0 bridgehead atoms. The van der Waals surface area contributed by atoms with Gasteiger partial charge in [0.05, 0.1) is 7.11 Å². The number of pyridine rings is 1. The zero-order valence-corrected chi connectivity index (χ0v) is 20.1. The van der Waals surface area contributed by atoms with Gasteiger partial charge in [-0.05, 0) is 38.0 Å². The van der Waals surface area contributed by atoms with E-state index in [1.54, 1.807) is 0 Å². The highest BCUT2D eigenvalue weighted by Crippen LogP contribution is 2.55. The van der Waals surface area contributed by atoms with Crippen molar-refractivity contribution in [3.8, 4) is 5.75 Å². The fourth-order valence-electron chi connectivity index (χ4n) is 4.35. The lowest BCUT2D eigenvalue weighted by atomic mass is 9.77. The van der Waals surface area contributed by atoms with Crippen molar-refractivity contribution in [2.45, 2.75) is 56.5 Å². The fourth-order valence-corrected chi connectivity index (χ4v) is 4.35. The lowest BCUT2D eigenvalue weighted by molar-refractivity contribution is -0.272. The molecule has 37 heavy (non-hydrogen) atoms. The van der Waals surface area contributed by atoms with Gasteiger partial charge in [0.1, 0.15) is 11.8 Å². The number of nitrogens with zero attached hydrogens (tertiary/aromatic N) is 1. The van der Waals surface area contributed by atoms with Gasteiger partial charge in [-0.2, -0.15) is 17.6 Å². The lowest BCUT2D eigenvalue weighted by Gasteiger charge is -2.32. The van der Waals surface area contributed by atoms with Gasteiger partial charge in [0, 0.05) is 35.3 Å². The predicted molar refractivity (Wildman–Crippen MR) is 121 cm³/mol. The molecule has 13 heteroatoms. The second kappa shape index (κ2) is 9.86. The second-order valence-electron chi connectivity index (χ2n) is 9.23. The third-order valence-corrected chi connectivity index (χ3v) is 6.80. The molecule has 0 unspecified atom stereocenters. The molecule has 2 fully saturated rings. The van der Waals surface area contributed by atoms with Crippen LogP contribution < -0.4 is 20.9 Å². The van der Waals surface area contributed by atoms with Crippen LogP contribution in [0.2, 0.25) is 0 Å². The van der Waals surface area contributed by atoms with Crippen LogP contribution in [-0.2, 0) is 9.53 Å². The summed E-state index contributed by atoms with van der Waals surface area (Å²) in [5, 5.41) is 2.45. The number of nitrogens with one attached hydrogen (secondary N) is 3. The Morgan fingerprint density at radius 3 is 2.51 bits per heavy atom. The summed E-state index contributed by atoms with van der Waals surface area (Å²) in [5.74, 6) is -7.57. The van der Waals surface area contributed by atoms with Crippen molar-refractivity contribution in [2.24, 2.45) is 5.92 Å². The number of methoxy groups -OCH3 is 1. The number of hydrogen-bond donors (Lipinski definition) is 3. The number of anilines is 1. The van der Waals surface area contributed by atoms with Gasteiger partial charge in [-0.15, -0.1) is 0 Å². The Morgan fingerprint density at radius 2 is 1.89 bits per heavy atom. The van der Waals surface area contributed by atoms with Crippen molar-refractivity contribution in [1.82, 2.24) is 15.8 Å². The Hall–Kier alpha value is -3.32. The molecular weight excluding hydrogens is 503 g/mol. The molecule has 3 N–H and O–H groups in total. The molecule has 1 saturated heterocycles. The maximum Gasteiger partial charge on any atom is 0.417 e. The van der Waals surface area contributed by atoms with Gasteiger partial charge >= 0.3 is 6.18 Å². The zero-order chi connectivity index (χ0) is 27.1. The minimum atomic E-state index is -4.89. The van der Waals surface area contributed by atoms with Gasteiger partial charge in [0.15, 0.2) is 17.2 Å². The Kier molecular flexibility index (Phi) is 7.12. The first-order valence-electron chi connectivity index (χ1n) is 11.5. The predicted octanol–water partition coefficient (Wildman–Crippen LogP) is 3.84. The highest BCUT2D eigenvalue weighted by molar-refractivity contribution is 5.97. The standard InChI is InChI=1S/C24H25F5N4O4/c1-11-17(14-6-7-15(25)18(26)19(14)36-3)20(37-23(11,2)24(27,28)29)22(35)31-13-8-9-30-16(10-13)21(34)33-32-12-4-5-12/h6-12,17,20,32H,4-5H2,1-3H3,(H,33,34)(H,30,31,35)/t11-,17-,20+,23+/m0/s1. The Bertz CT molecular complexity index is 1210. The van der Waals surface area contributed by atoms with Crippen molar-refractivity contribution in [3.63, 3.8) is 0 Å². The topological polar surface area (TPSA) is 102 Å². The fraction of sp³-hybridized carbons (Fsp3) is 0.458. The van der Waals surface area contributed by atoms with E-state index in [2.05, 4.69) is 21.2 Å². The number of alkyl halides is 3. The number of hydrogen-bond acceptors (Lipinski definition) is 6. The summed E-state index contributed by atoms with van der Waals surface area (Å²) in [7, 11) is 1.04. The minimum Gasteiger partial charge on any atom is -0.493 e. The van der Waals surface area contributed by atoms with Crippen LogP contribution in [0.4, 0.5) is 27.6 Å². The summed E-state index contributed by atoms with van der Waals surface area (Å²) in [4.78, 5) is 29.5. The van der Waals surface area contributed by atoms with Gasteiger partial charge in [0.2, 0.25) is 5.82 Å². The van der Waals surface area contributed by atoms with Gasteiger partial charge in [-0.1, -0.05) is 13.0 Å². The van der Waals surface area contributed by atoms with Crippen LogP contribution in [0, 0.1) is 17.6 Å². The number of ether oxygens (including phenoxy) is 2. The molecule has 0 spiro atoms. The average molecular weight is 528 g/mol. The second-order valence-corrected chi connectivity index (χ2v) is 9.23. The molecule has 0 radical (unpaired) electrons. The largest absolute Gasteiger partial charge is 0.493 e. The number of aromatic nitrogens is 1. The molecule has 4 rings (SSSR count). The molecule has 2 amide bonds. The van der Waals surface area contributed by atoms with Crippen LogP contribution in [0.1, 0.15) is 48.7 Å². The van der Waals surface area contributed by atoms with E-state index in [0.29, 0.717) is 0 Å². The summed E-state index contributed by atoms with van der Waals surface area (Å²) < 4.78 is 80.8. The number of carbonyl (C=O) groups excluding carboxylic acids is 2. The first-order chi connectivity index (χ1) is 17.4. The molecule has 1 aromatic carbocycles. The Balaban J connectivity index is 1.65. The molecule has 200 valence electrons. The maximum atomic E-state index is 14.5. The highest BCUT2D eigenvalue weighted by Gasteiger charge is 2.65. The van der Waals surface area contributed by atoms with E-state index in [1.165, 1.54) is 25.3 Å². The van der Waals surface area contributed by atoms with E-state index in [0.717, 1.165) is 39.0 Å². The van der Waals surface area contributed by atoms with Crippen LogP contribution in [0.25, 0.3) is 0 Å². The van der Waals surface area contributed by atoms with Crippen LogP contribution >= 0.6 is 0 Å². The summed E-state index contributed by atoms with van der Waals surface area (Å²) in [6.07, 6.45) is -3.56. The van der Waals surface area contributed by atoms with Crippen LogP contribution in [-0.4, -0.2) is 47.8 Å². The third kappa shape index (κ3) is 5.10. The summed E-state index contributed by atoms with van der Waals surface area (Å²) in [5.41, 5.74) is 2.38. The number of amides is 2. The van der Waals surface area contributed by atoms with Gasteiger partial charge in [-0.3, -0.25) is 20.0 Å². The molecular formula is C24H25F5N4O4. The van der Waals surface area contributed by atoms with E-state index in [1.807, 2.05) is 0 Å². The first kappa shape index (κ1) is 26.7. The Morgan fingerprint density at radius 1 is 1.19 bits per heavy atom. The molecule has 8 nitrogen and oxygen atoms in total. The molecule has 1 aliphatic carbocycles. The monoisotopic (exact) mass is 528 g/mol. The van der Waals surface area contributed by atoms with E-state index in [9.17, 15) is 31.5 Å². The molecule has 1 aromatic heterocycles. The first-order valence-corrected chi connectivity index (χ1v) is 11.5.